The van der Waals surface area contributed by atoms with Crippen LogP contribution in [0.15, 0.2) is 17.2 Å². The summed E-state index contributed by atoms with van der Waals surface area (Å²) in [6, 6.07) is -0.0883. The summed E-state index contributed by atoms with van der Waals surface area (Å²) in [5, 5.41) is 7.84. The third-order valence-corrected chi connectivity index (χ3v) is 6.83. The van der Waals surface area contributed by atoms with Crippen LogP contribution in [0.1, 0.15) is 41.2 Å². The maximum Gasteiger partial charge on any atom is 0.259 e. The van der Waals surface area contributed by atoms with Gasteiger partial charge in [0.05, 0.1) is 29.1 Å². The van der Waals surface area contributed by atoms with Crippen LogP contribution in [-0.2, 0) is 30.4 Å². The Balaban J connectivity index is 1.35. The van der Waals surface area contributed by atoms with Gasteiger partial charge < -0.3 is 10.3 Å². The van der Waals surface area contributed by atoms with Crippen molar-refractivity contribution in [2.75, 3.05) is 5.75 Å². The predicted molar refractivity (Wildman–Crippen MR) is 108 cm³/mol. The fourth-order valence-electron chi connectivity index (χ4n) is 3.39. The van der Waals surface area contributed by atoms with E-state index in [9.17, 15) is 9.59 Å². The van der Waals surface area contributed by atoms with Crippen molar-refractivity contribution >= 4 is 39.2 Å². The quantitative estimate of drug-likeness (QED) is 0.659. The number of carbonyl (C=O) groups excluding carboxylic acids is 1. The van der Waals surface area contributed by atoms with Crippen molar-refractivity contribution in [3.05, 3.63) is 44.6 Å². The lowest BCUT2D eigenvalue weighted by Crippen LogP contribution is -2.28. The Hall–Kier alpha value is -2.13. The second-order valence-electron chi connectivity index (χ2n) is 6.78. The van der Waals surface area contributed by atoms with Crippen molar-refractivity contribution in [2.45, 2.75) is 38.0 Å². The van der Waals surface area contributed by atoms with Crippen LogP contribution in [-0.4, -0.2) is 31.4 Å². The van der Waals surface area contributed by atoms with Crippen molar-refractivity contribution in [3.63, 3.8) is 0 Å². The van der Waals surface area contributed by atoms with Gasteiger partial charge in [-0.2, -0.15) is 5.10 Å². The number of thiophene rings is 1. The van der Waals surface area contributed by atoms with Crippen LogP contribution in [0, 0.1) is 0 Å². The average Bonchev–Trinajstić information content (AvgIpc) is 3.30. The van der Waals surface area contributed by atoms with Crippen molar-refractivity contribution in [2.24, 2.45) is 7.05 Å². The molecule has 1 aliphatic carbocycles. The molecule has 3 aromatic rings. The molecule has 7 nitrogen and oxygen atoms in total. The van der Waals surface area contributed by atoms with Gasteiger partial charge in [-0.25, -0.2) is 4.98 Å². The Morgan fingerprint density at radius 3 is 3.11 bits per heavy atom. The Morgan fingerprint density at radius 1 is 1.48 bits per heavy atom. The van der Waals surface area contributed by atoms with Gasteiger partial charge >= 0.3 is 0 Å². The van der Waals surface area contributed by atoms with Crippen molar-refractivity contribution in [1.82, 2.24) is 25.1 Å². The molecule has 0 aliphatic heterocycles. The first-order chi connectivity index (χ1) is 13.0. The first kappa shape index (κ1) is 18.2. The summed E-state index contributed by atoms with van der Waals surface area (Å²) in [5.41, 5.74) is 2.11. The zero-order chi connectivity index (χ0) is 19.0. The topological polar surface area (TPSA) is 92.7 Å². The number of thioether (sulfide) groups is 1. The van der Waals surface area contributed by atoms with E-state index >= 15 is 0 Å². The molecule has 1 atom stereocenters. The molecule has 1 aliphatic rings. The predicted octanol–water partition coefficient (Wildman–Crippen LogP) is 2.32. The molecule has 0 bridgehead atoms. The summed E-state index contributed by atoms with van der Waals surface area (Å²) in [5.74, 6) is 1.40. The van der Waals surface area contributed by atoms with E-state index in [-0.39, 0.29) is 17.5 Å². The van der Waals surface area contributed by atoms with Gasteiger partial charge in [-0.05, 0) is 31.7 Å². The molecule has 0 radical (unpaired) electrons. The molecule has 2 N–H and O–H groups in total. The number of H-pyrrole nitrogens is 1. The molecule has 4 rings (SSSR count). The number of rotatable bonds is 6. The number of aromatic nitrogens is 4. The molecule has 0 saturated carbocycles. The molecule has 0 aromatic carbocycles. The average molecular weight is 404 g/mol. The molecule has 27 heavy (non-hydrogen) atoms. The van der Waals surface area contributed by atoms with E-state index in [0.29, 0.717) is 17.3 Å². The lowest BCUT2D eigenvalue weighted by Gasteiger charge is -2.11. The summed E-state index contributed by atoms with van der Waals surface area (Å²) in [4.78, 5) is 34.2. The molecule has 9 heteroatoms. The number of hydrogen-bond donors (Lipinski definition) is 2. The van der Waals surface area contributed by atoms with Crippen LogP contribution in [0.3, 0.4) is 0 Å². The van der Waals surface area contributed by atoms with E-state index in [4.69, 9.17) is 0 Å². The summed E-state index contributed by atoms with van der Waals surface area (Å²) >= 11 is 3.08. The summed E-state index contributed by atoms with van der Waals surface area (Å²) in [7, 11) is 1.85. The maximum atomic E-state index is 12.4. The molecule has 1 amide bonds. The highest BCUT2D eigenvalue weighted by Gasteiger charge is 2.21. The van der Waals surface area contributed by atoms with Gasteiger partial charge in [-0.15, -0.1) is 23.1 Å². The largest absolute Gasteiger partial charge is 0.349 e. The minimum Gasteiger partial charge on any atom is -0.349 e. The molecule has 3 aromatic heterocycles. The highest BCUT2D eigenvalue weighted by Crippen LogP contribution is 2.34. The van der Waals surface area contributed by atoms with E-state index in [2.05, 4.69) is 20.4 Å². The van der Waals surface area contributed by atoms with Gasteiger partial charge in [0.2, 0.25) is 5.91 Å². The van der Waals surface area contributed by atoms with Gasteiger partial charge in [-0.3, -0.25) is 14.3 Å². The zero-order valence-electron chi connectivity index (χ0n) is 15.2. The monoisotopic (exact) mass is 403 g/mol. The van der Waals surface area contributed by atoms with Gasteiger partial charge in [0, 0.05) is 23.7 Å². The van der Waals surface area contributed by atoms with Gasteiger partial charge in [0.1, 0.15) is 10.7 Å². The van der Waals surface area contributed by atoms with Gasteiger partial charge in [-0.1, -0.05) is 0 Å². The van der Waals surface area contributed by atoms with Gasteiger partial charge in [0.15, 0.2) is 0 Å². The van der Waals surface area contributed by atoms with Crippen molar-refractivity contribution in [3.8, 4) is 0 Å². The molecular weight excluding hydrogens is 382 g/mol. The molecule has 0 fully saturated rings. The molecule has 142 valence electrons. The Kier molecular flexibility index (Phi) is 5.05. The highest BCUT2D eigenvalue weighted by atomic mass is 32.2. The van der Waals surface area contributed by atoms with Crippen molar-refractivity contribution in [1.29, 1.82) is 0 Å². The van der Waals surface area contributed by atoms with Crippen LogP contribution < -0.4 is 10.9 Å². The standard InChI is InChI=1S/C18H21N5O2S2/c1-10(11-6-19-23(2)7-11)20-15(24)9-26-8-14-21-17(25)16-12-4-3-5-13(12)27-18(16)22-14/h6-7,10H,3-5,8-9H2,1-2H3,(H,20,24)(H,21,22,25)/t10-/m0/s1. The first-order valence-corrected chi connectivity index (χ1v) is 10.9. The zero-order valence-corrected chi connectivity index (χ0v) is 16.9. The Bertz CT molecular complexity index is 1050. The fraction of sp³-hybridized carbons (Fsp3) is 0.444. The van der Waals surface area contributed by atoms with Crippen LogP contribution >= 0.6 is 23.1 Å². The number of aromatic amines is 1. The molecular formula is C18H21N5O2S2. The molecule has 3 heterocycles. The molecule has 0 unspecified atom stereocenters. The maximum absolute atomic E-state index is 12.4. The number of hydrogen-bond acceptors (Lipinski definition) is 6. The minimum absolute atomic E-state index is 0.0464. The van der Waals surface area contributed by atoms with Crippen LogP contribution in [0.4, 0.5) is 0 Å². The number of aryl methyl sites for hydroxylation is 3. The fourth-order valence-corrected chi connectivity index (χ4v) is 5.37. The summed E-state index contributed by atoms with van der Waals surface area (Å²) in [6.45, 7) is 1.93. The van der Waals surface area contributed by atoms with Crippen molar-refractivity contribution < 1.29 is 4.79 Å². The third-order valence-electron chi connectivity index (χ3n) is 4.70. The van der Waals surface area contributed by atoms with Crippen LogP contribution in [0.25, 0.3) is 10.2 Å². The highest BCUT2D eigenvalue weighted by molar-refractivity contribution is 7.99. The second-order valence-corrected chi connectivity index (χ2v) is 8.85. The Morgan fingerprint density at radius 2 is 2.33 bits per heavy atom. The number of fused-ring (bicyclic) bond motifs is 3. The van der Waals surface area contributed by atoms with Crippen LogP contribution in [0.2, 0.25) is 0 Å². The SMILES string of the molecule is C[C@H](NC(=O)CSCc1nc2sc3c(c2c(=O)[nH]1)CCC3)c1cnn(C)c1. The summed E-state index contributed by atoms with van der Waals surface area (Å²) in [6.07, 6.45) is 6.79. The smallest absolute Gasteiger partial charge is 0.259 e. The molecule has 0 saturated heterocycles. The van der Waals surface area contributed by atoms with Gasteiger partial charge in [0.25, 0.3) is 5.56 Å². The van der Waals surface area contributed by atoms with E-state index in [1.54, 1.807) is 22.2 Å². The third kappa shape index (κ3) is 3.79. The lowest BCUT2D eigenvalue weighted by molar-refractivity contribution is -0.119. The number of amides is 1. The number of carbonyl (C=O) groups is 1. The normalized spacial score (nSPS) is 14.4. The molecule has 0 spiro atoms. The second kappa shape index (κ2) is 7.47. The number of nitrogens with zero attached hydrogens (tertiary/aromatic N) is 3. The Labute approximate surface area is 164 Å². The minimum atomic E-state index is -0.0883. The van der Waals surface area contributed by atoms with E-state index in [1.807, 2.05) is 20.2 Å². The van der Waals surface area contributed by atoms with Crippen LogP contribution in [0.5, 0.6) is 0 Å². The number of nitrogens with one attached hydrogen (secondary N) is 2. The van der Waals surface area contributed by atoms with E-state index < -0.39 is 0 Å². The lowest BCUT2D eigenvalue weighted by atomic mass is 10.2. The van der Waals surface area contributed by atoms with E-state index in [1.165, 1.54) is 22.2 Å². The first-order valence-electron chi connectivity index (χ1n) is 8.90. The van der Waals surface area contributed by atoms with E-state index in [0.717, 1.165) is 35.0 Å². The summed E-state index contributed by atoms with van der Waals surface area (Å²) < 4.78 is 1.71.